The van der Waals surface area contributed by atoms with Crippen molar-refractivity contribution in [2.45, 2.75) is 37.3 Å². The molecule has 0 bridgehead atoms. The zero-order valence-corrected chi connectivity index (χ0v) is 12.6. The lowest BCUT2D eigenvalue weighted by molar-refractivity contribution is 0.106. The molecule has 4 heteroatoms. The summed E-state index contributed by atoms with van der Waals surface area (Å²) in [6.07, 6.45) is 4.51. The topological polar surface area (TPSA) is 41.9 Å². The average molecular weight is 287 g/mol. The highest BCUT2D eigenvalue weighted by molar-refractivity contribution is 5.59. The number of allylic oxidation sites excluding steroid dienone is 1. The van der Waals surface area contributed by atoms with Gasteiger partial charge in [0.25, 0.3) is 0 Å². The van der Waals surface area contributed by atoms with E-state index < -0.39 is 0 Å². The van der Waals surface area contributed by atoms with Crippen molar-refractivity contribution in [1.82, 2.24) is 4.90 Å². The Hall–Kier alpha value is -1.68. The van der Waals surface area contributed by atoms with Crippen molar-refractivity contribution in [3.05, 3.63) is 35.1 Å². The molecule has 21 heavy (non-hydrogen) atoms. The lowest BCUT2D eigenvalue weighted by Gasteiger charge is -2.36. The molecule has 0 saturated carbocycles. The van der Waals surface area contributed by atoms with Crippen molar-refractivity contribution in [2.75, 3.05) is 20.7 Å². The molecule has 0 unspecified atom stereocenters. The van der Waals surface area contributed by atoms with Crippen molar-refractivity contribution in [1.29, 1.82) is 0 Å². The summed E-state index contributed by atoms with van der Waals surface area (Å²) in [6, 6.07) is 4.18. The van der Waals surface area contributed by atoms with Crippen LogP contribution >= 0.6 is 0 Å². The monoisotopic (exact) mass is 287 g/mol. The van der Waals surface area contributed by atoms with Crippen LogP contribution in [0.25, 0.3) is 0 Å². The van der Waals surface area contributed by atoms with Gasteiger partial charge >= 0.3 is 0 Å². The molecule has 1 spiro atoms. The molecule has 4 rings (SSSR count). The highest BCUT2D eigenvalue weighted by Gasteiger charge is 2.53. The first-order valence-corrected chi connectivity index (χ1v) is 7.57. The Kier molecular flexibility index (Phi) is 2.73. The van der Waals surface area contributed by atoms with E-state index in [0.717, 1.165) is 37.4 Å². The molecule has 0 fully saturated rings. The summed E-state index contributed by atoms with van der Waals surface area (Å²) in [7, 11) is 3.86. The minimum Gasteiger partial charge on any atom is -0.513 e. The Morgan fingerprint density at radius 2 is 2.29 bits per heavy atom. The smallest absolute Gasteiger partial charge is 0.165 e. The first-order chi connectivity index (χ1) is 10.1. The van der Waals surface area contributed by atoms with Crippen LogP contribution in [0.5, 0.6) is 11.5 Å². The third-order valence-electron chi connectivity index (χ3n) is 5.28. The number of ether oxygens (including phenoxy) is 2. The van der Waals surface area contributed by atoms with Gasteiger partial charge in [-0.2, -0.15) is 0 Å². The van der Waals surface area contributed by atoms with Crippen molar-refractivity contribution in [3.8, 4) is 11.5 Å². The van der Waals surface area contributed by atoms with Crippen LogP contribution in [0.15, 0.2) is 24.0 Å². The number of benzene rings is 1. The summed E-state index contributed by atoms with van der Waals surface area (Å²) in [6.45, 7) is 1.99. The van der Waals surface area contributed by atoms with Crippen molar-refractivity contribution in [3.63, 3.8) is 0 Å². The first-order valence-electron chi connectivity index (χ1n) is 7.57. The fourth-order valence-electron chi connectivity index (χ4n) is 4.17. The number of aliphatic hydroxyl groups is 1. The molecule has 0 aromatic heterocycles. The molecular formula is C17H21NO3. The third kappa shape index (κ3) is 1.72. The van der Waals surface area contributed by atoms with E-state index in [2.05, 4.69) is 18.0 Å². The second-order valence-corrected chi connectivity index (χ2v) is 6.49. The molecule has 1 N–H and O–H groups in total. The number of nitrogens with zero attached hydrogens (tertiary/aromatic N) is 1. The molecule has 1 aliphatic carbocycles. The SMILES string of the molecule is COc1ccc2c3c1O[C@H]1CC(O)=CC[C@]31CCN(C)C2. The largest absolute Gasteiger partial charge is 0.513 e. The van der Waals surface area contributed by atoms with Crippen molar-refractivity contribution < 1.29 is 14.6 Å². The van der Waals surface area contributed by atoms with Gasteiger partial charge in [0.2, 0.25) is 0 Å². The molecule has 4 nitrogen and oxygen atoms in total. The standard InChI is InChI=1S/C17H21NO3/c1-18-8-7-17-6-5-12(19)9-14(17)21-16-13(20-2)4-3-11(10-18)15(16)17/h3-5,14,19H,6-10H2,1-2H3/t14-,17+/m0/s1. The van der Waals surface area contributed by atoms with Crippen LogP contribution in [0.2, 0.25) is 0 Å². The molecule has 1 aromatic carbocycles. The van der Waals surface area contributed by atoms with E-state index >= 15 is 0 Å². The van der Waals surface area contributed by atoms with Gasteiger partial charge in [-0.1, -0.05) is 6.07 Å². The predicted molar refractivity (Wildman–Crippen MR) is 80.0 cm³/mol. The minimum atomic E-state index is -0.00377. The Balaban J connectivity index is 1.94. The van der Waals surface area contributed by atoms with Gasteiger partial charge in [0.1, 0.15) is 6.10 Å². The highest BCUT2D eigenvalue weighted by atomic mass is 16.5. The van der Waals surface area contributed by atoms with Crippen molar-refractivity contribution in [2.24, 2.45) is 0 Å². The Morgan fingerprint density at radius 3 is 3.10 bits per heavy atom. The quantitative estimate of drug-likeness (QED) is 0.862. The van der Waals surface area contributed by atoms with Gasteiger partial charge in [-0.15, -0.1) is 0 Å². The fourth-order valence-corrected chi connectivity index (χ4v) is 4.17. The molecule has 2 aliphatic heterocycles. The fraction of sp³-hybridized carbons (Fsp3) is 0.529. The normalized spacial score (nSPS) is 30.8. The zero-order chi connectivity index (χ0) is 14.6. The summed E-state index contributed by atoms with van der Waals surface area (Å²) in [5, 5.41) is 9.92. The van der Waals surface area contributed by atoms with Gasteiger partial charge in [-0.25, -0.2) is 0 Å². The molecule has 2 atom stereocenters. The van der Waals surface area contributed by atoms with Crippen LogP contribution < -0.4 is 9.47 Å². The molecule has 2 heterocycles. The number of aliphatic hydroxyl groups excluding tert-OH is 1. The van der Waals surface area contributed by atoms with Crippen LogP contribution in [0, 0.1) is 0 Å². The van der Waals surface area contributed by atoms with E-state index in [1.807, 2.05) is 12.1 Å². The highest BCUT2D eigenvalue weighted by Crippen LogP contribution is 2.56. The molecule has 1 aromatic rings. The summed E-state index contributed by atoms with van der Waals surface area (Å²) in [4.78, 5) is 2.37. The number of methoxy groups -OCH3 is 1. The summed E-state index contributed by atoms with van der Waals surface area (Å²) in [5.41, 5.74) is 2.65. The Morgan fingerprint density at radius 1 is 1.43 bits per heavy atom. The van der Waals surface area contributed by atoms with E-state index in [9.17, 15) is 5.11 Å². The summed E-state index contributed by atoms with van der Waals surface area (Å²) >= 11 is 0. The van der Waals surface area contributed by atoms with Gasteiger partial charge in [-0.05, 0) is 44.1 Å². The first kappa shape index (κ1) is 13.0. The van der Waals surface area contributed by atoms with Crippen LogP contribution in [0.1, 0.15) is 30.4 Å². The van der Waals surface area contributed by atoms with Gasteiger partial charge < -0.3 is 19.5 Å². The van der Waals surface area contributed by atoms with Gasteiger partial charge in [0.05, 0.1) is 12.9 Å². The third-order valence-corrected chi connectivity index (χ3v) is 5.28. The van der Waals surface area contributed by atoms with E-state index in [4.69, 9.17) is 9.47 Å². The van der Waals surface area contributed by atoms with Crippen LogP contribution in [-0.4, -0.2) is 36.8 Å². The predicted octanol–water partition coefficient (Wildman–Crippen LogP) is 2.77. The molecule has 112 valence electrons. The van der Waals surface area contributed by atoms with Crippen molar-refractivity contribution >= 4 is 0 Å². The lowest BCUT2D eigenvalue weighted by Crippen LogP contribution is -2.41. The van der Waals surface area contributed by atoms with E-state index in [-0.39, 0.29) is 11.5 Å². The Labute approximate surface area is 125 Å². The maximum absolute atomic E-state index is 9.92. The second-order valence-electron chi connectivity index (χ2n) is 6.49. The maximum Gasteiger partial charge on any atom is 0.165 e. The minimum absolute atomic E-state index is 0.00377. The molecule has 3 aliphatic rings. The van der Waals surface area contributed by atoms with Crippen LogP contribution in [0.3, 0.4) is 0 Å². The van der Waals surface area contributed by atoms with Crippen LogP contribution in [0.4, 0.5) is 0 Å². The molecular weight excluding hydrogens is 266 g/mol. The number of hydrogen-bond donors (Lipinski definition) is 1. The Bertz CT molecular complexity index is 625. The van der Waals surface area contributed by atoms with Gasteiger partial charge in [-0.3, -0.25) is 0 Å². The molecule has 0 radical (unpaired) electrons. The van der Waals surface area contributed by atoms with E-state index in [1.54, 1.807) is 7.11 Å². The van der Waals surface area contributed by atoms with Gasteiger partial charge in [0.15, 0.2) is 11.5 Å². The number of hydrogen-bond acceptors (Lipinski definition) is 4. The van der Waals surface area contributed by atoms with Gasteiger partial charge in [0, 0.05) is 23.9 Å². The van der Waals surface area contributed by atoms with Crippen LogP contribution in [-0.2, 0) is 12.0 Å². The van der Waals surface area contributed by atoms with E-state index in [1.165, 1.54) is 11.1 Å². The summed E-state index contributed by atoms with van der Waals surface area (Å²) < 4.78 is 11.8. The maximum atomic E-state index is 9.92. The second kappa shape index (κ2) is 4.41. The van der Waals surface area contributed by atoms with E-state index in [0.29, 0.717) is 12.2 Å². The molecule has 0 saturated heterocycles. The zero-order valence-electron chi connectivity index (χ0n) is 12.6. The summed E-state index contributed by atoms with van der Waals surface area (Å²) in [5.74, 6) is 2.17. The average Bonchev–Trinajstić information content (AvgIpc) is 2.72. The number of rotatable bonds is 1. The molecule has 0 amide bonds. The lowest BCUT2D eigenvalue weighted by atomic mass is 9.67.